The number of hydrogen-bond acceptors (Lipinski definition) is 7. The molecule has 0 unspecified atom stereocenters. The molecule has 1 N–H and O–H groups in total. The lowest BCUT2D eigenvalue weighted by atomic mass is 9.96. The Hall–Kier alpha value is -3.40. The fraction of sp³-hybridized carbons (Fsp3) is 0.250. The molecule has 1 aliphatic rings. The van der Waals surface area contributed by atoms with E-state index in [-0.39, 0.29) is 11.8 Å². The molecular formula is C28H26BrClN4O4. The van der Waals surface area contributed by atoms with Crippen molar-refractivity contribution in [1.82, 2.24) is 15.0 Å². The third kappa shape index (κ3) is 6.35. The highest BCUT2D eigenvalue weighted by Crippen LogP contribution is 2.37. The van der Waals surface area contributed by atoms with Crippen LogP contribution in [0.25, 0.3) is 11.4 Å². The number of halogens is 2. The topological polar surface area (TPSA) is 89.7 Å². The number of likely N-dealkylation sites (tertiary alicyclic amines) is 1. The van der Waals surface area contributed by atoms with E-state index >= 15 is 0 Å². The van der Waals surface area contributed by atoms with Gasteiger partial charge in [-0.2, -0.15) is 4.98 Å². The van der Waals surface area contributed by atoms with Gasteiger partial charge in [0.2, 0.25) is 17.6 Å². The molecule has 8 nitrogen and oxygen atoms in total. The van der Waals surface area contributed by atoms with Gasteiger partial charge in [0.15, 0.2) is 17.2 Å². The number of anilines is 1. The first-order chi connectivity index (χ1) is 18.5. The lowest BCUT2D eigenvalue weighted by Crippen LogP contribution is -2.37. The van der Waals surface area contributed by atoms with Gasteiger partial charge < -0.3 is 19.3 Å². The van der Waals surface area contributed by atoms with E-state index in [2.05, 4.69) is 36.3 Å². The van der Waals surface area contributed by atoms with Crippen LogP contribution in [0.5, 0.6) is 17.2 Å². The van der Waals surface area contributed by atoms with Crippen LogP contribution in [0.3, 0.4) is 0 Å². The molecule has 0 aliphatic carbocycles. The Morgan fingerprint density at radius 2 is 1.87 bits per heavy atom. The van der Waals surface area contributed by atoms with Gasteiger partial charge in [-0.25, -0.2) is 0 Å². The maximum absolute atomic E-state index is 13.2. The Kier molecular flexibility index (Phi) is 8.26. The van der Waals surface area contributed by atoms with E-state index in [1.54, 1.807) is 31.4 Å². The summed E-state index contributed by atoms with van der Waals surface area (Å²) in [4.78, 5) is 19.9. The van der Waals surface area contributed by atoms with Crippen molar-refractivity contribution in [1.29, 1.82) is 0 Å². The number of amides is 1. The van der Waals surface area contributed by atoms with Gasteiger partial charge in [0.05, 0.1) is 19.3 Å². The fourth-order valence-corrected chi connectivity index (χ4v) is 4.93. The molecule has 0 bridgehead atoms. The summed E-state index contributed by atoms with van der Waals surface area (Å²) < 4.78 is 17.9. The quantitative estimate of drug-likeness (QED) is 0.239. The van der Waals surface area contributed by atoms with Gasteiger partial charge in [-0.1, -0.05) is 57.0 Å². The molecule has 2 heterocycles. The van der Waals surface area contributed by atoms with Gasteiger partial charge in [0, 0.05) is 21.0 Å². The highest BCUT2D eigenvalue weighted by atomic mass is 79.9. The summed E-state index contributed by atoms with van der Waals surface area (Å²) >= 11 is 9.70. The Bertz CT molecular complexity index is 1420. The van der Waals surface area contributed by atoms with E-state index in [0.717, 1.165) is 23.1 Å². The van der Waals surface area contributed by atoms with E-state index in [0.29, 0.717) is 59.1 Å². The molecule has 0 spiro atoms. The molecule has 0 atom stereocenters. The molecule has 1 aromatic heterocycles. The number of nitrogens with one attached hydrogen (secondary N) is 1. The van der Waals surface area contributed by atoms with E-state index in [1.165, 1.54) is 0 Å². The number of nitrogens with zero attached hydrogens (tertiary/aromatic N) is 3. The molecule has 38 heavy (non-hydrogen) atoms. The van der Waals surface area contributed by atoms with Crippen LogP contribution < -0.4 is 14.8 Å². The Morgan fingerprint density at radius 3 is 2.63 bits per heavy atom. The minimum atomic E-state index is -0.135. The molecule has 3 aromatic carbocycles. The number of carbonyl (C=O) groups excluding carboxylic acids is 1. The summed E-state index contributed by atoms with van der Waals surface area (Å²) in [7, 11) is 1.58. The van der Waals surface area contributed by atoms with Crippen LogP contribution in [-0.2, 0) is 11.3 Å². The Balaban J connectivity index is 1.18. The van der Waals surface area contributed by atoms with Crippen molar-refractivity contribution in [3.8, 4) is 28.6 Å². The highest BCUT2D eigenvalue weighted by Gasteiger charge is 2.27. The monoisotopic (exact) mass is 596 g/mol. The van der Waals surface area contributed by atoms with E-state index in [9.17, 15) is 4.79 Å². The molecule has 5 rings (SSSR count). The van der Waals surface area contributed by atoms with Crippen LogP contribution >= 0.6 is 27.5 Å². The minimum Gasteiger partial charge on any atom is -0.493 e. The number of methoxy groups -OCH3 is 1. The first kappa shape index (κ1) is 26.2. The second-order valence-corrected chi connectivity index (χ2v) is 10.3. The normalized spacial score (nSPS) is 14.3. The summed E-state index contributed by atoms with van der Waals surface area (Å²) in [6.07, 6.45) is 1.42. The first-order valence-corrected chi connectivity index (χ1v) is 13.4. The smallest absolute Gasteiger partial charge is 0.241 e. The van der Waals surface area contributed by atoms with E-state index in [1.807, 2.05) is 42.5 Å². The van der Waals surface area contributed by atoms with Crippen molar-refractivity contribution in [3.05, 3.63) is 82.1 Å². The van der Waals surface area contributed by atoms with Crippen molar-refractivity contribution >= 4 is 39.1 Å². The van der Waals surface area contributed by atoms with Crippen LogP contribution in [0, 0.1) is 5.92 Å². The Labute approximate surface area is 234 Å². The maximum atomic E-state index is 13.2. The number of hydrogen-bond donors (Lipinski definition) is 1. The number of rotatable bonds is 8. The van der Waals surface area contributed by atoms with Crippen molar-refractivity contribution in [3.63, 3.8) is 0 Å². The molecule has 4 aromatic rings. The molecular weight excluding hydrogens is 572 g/mol. The second-order valence-electron chi connectivity index (χ2n) is 8.96. The third-order valence-electron chi connectivity index (χ3n) is 6.36. The number of aromatic nitrogens is 2. The van der Waals surface area contributed by atoms with Crippen molar-refractivity contribution in [2.45, 2.75) is 19.4 Å². The molecule has 1 fully saturated rings. The largest absolute Gasteiger partial charge is 0.493 e. The standard InChI is InChI=1S/C28H26BrClN4O4/c1-36-24-7-2-3-8-25(24)37-23-10-9-21(30)16-22(23)31-28(35)18-11-13-34(14-12-18)17-26-32-27(33-38-26)19-5-4-6-20(29)15-19/h2-10,15-16,18H,11-14,17H2,1H3,(H,31,35). The van der Waals surface area contributed by atoms with Gasteiger partial charge in [-0.15, -0.1) is 0 Å². The van der Waals surface area contributed by atoms with Crippen molar-refractivity contribution < 1.29 is 18.8 Å². The average molecular weight is 598 g/mol. The predicted molar refractivity (Wildman–Crippen MR) is 149 cm³/mol. The fourth-order valence-electron chi connectivity index (χ4n) is 4.35. The van der Waals surface area contributed by atoms with Crippen LogP contribution in [0.15, 0.2) is 75.7 Å². The third-order valence-corrected chi connectivity index (χ3v) is 7.08. The van der Waals surface area contributed by atoms with Gasteiger partial charge in [-0.3, -0.25) is 9.69 Å². The lowest BCUT2D eigenvalue weighted by molar-refractivity contribution is -0.121. The van der Waals surface area contributed by atoms with Gasteiger partial charge in [0.25, 0.3) is 0 Å². The highest BCUT2D eigenvalue weighted by molar-refractivity contribution is 9.10. The summed E-state index contributed by atoms with van der Waals surface area (Å²) in [5, 5.41) is 7.63. The van der Waals surface area contributed by atoms with Gasteiger partial charge in [0.1, 0.15) is 0 Å². The zero-order chi connectivity index (χ0) is 26.5. The number of benzene rings is 3. The molecule has 10 heteroatoms. The summed E-state index contributed by atoms with van der Waals surface area (Å²) in [5.41, 5.74) is 1.40. The number of ether oxygens (including phenoxy) is 2. The molecule has 0 radical (unpaired) electrons. The van der Waals surface area contributed by atoms with Crippen LogP contribution in [0.2, 0.25) is 5.02 Å². The summed E-state index contributed by atoms with van der Waals surface area (Å²) in [6.45, 7) is 2.03. The van der Waals surface area contributed by atoms with Crippen LogP contribution in [-0.4, -0.2) is 41.1 Å². The molecule has 196 valence electrons. The summed E-state index contributed by atoms with van der Waals surface area (Å²) in [6, 6.07) is 20.3. The average Bonchev–Trinajstić information content (AvgIpc) is 3.39. The van der Waals surface area contributed by atoms with E-state index in [4.69, 9.17) is 25.6 Å². The SMILES string of the molecule is COc1ccccc1Oc1ccc(Cl)cc1NC(=O)C1CCN(Cc2nc(-c3cccc(Br)c3)no2)CC1. The predicted octanol–water partition coefficient (Wildman–Crippen LogP) is 6.80. The second kappa shape index (κ2) is 12.0. The van der Waals surface area contributed by atoms with Crippen LogP contribution in [0.1, 0.15) is 18.7 Å². The number of carbonyl (C=O) groups is 1. The molecule has 1 saturated heterocycles. The Morgan fingerprint density at radius 1 is 1.08 bits per heavy atom. The molecule has 0 saturated carbocycles. The van der Waals surface area contributed by atoms with Gasteiger partial charge >= 0.3 is 0 Å². The van der Waals surface area contributed by atoms with Crippen molar-refractivity contribution in [2.75, 3.05) is 25.5 Å². The molecule has 1 aliphatic heterocycles. The zero-order valence-electron chi connectivity index (χ0n) is 20.7. The first-order valence-electron chi connectivity index (χ1n) is 12.2. The number of para-hydroxylation sites is 2. The molecule has 1 amide bonds. The number of piperidine rings is 1. The zero-order valence-corrected chi connectivity index (χ0v) is 23.0. The minimum absolute atomic E-state index is 0.0634. The van der Waals surface area contributed by atoms with Gasteiger partial charge in [-0.05, 0) is 68.4 Å². The van der Waals surface area contributed by atoms with Crippen molar-refractivity contribution in [2.24, 2.45) is 5.92 Å². The maximum Gasteiger partial charge on any atom is 0.241 e. The van der Waals surface area contributed by atoms with Crippen LogP contribution in [0.4, 0.5) is 5.69 Å². The van der Waals surface area contributed by atoms with E-state index < -0.39 is 0 Å². The lowest BCUT2D eigenvalue weighted by Gasteiger charge is -2.30. The summed E-state index contributed by atoms with van der Waals surface area (Å²) in [5.74, 6) is 2.54.